The summed E-state index contributed by atoms with van der Waals surface area (Å²) in [6.45, 7) is 4.53. The fraction of sp³-hybridized carbons (Fsp3) is 0.350. The van der Waals surface area contributed by atoms with Crippen molar-refractivity contribution in [1.29, 1.82) is 0 Å². The maximum atomic E-state index is 11.3. The first-order valence-corrected chi connectivity index (χ1v) is 8.13. The molecule has 0 fully saturated rings. The maximum absolute atomic E-state index is 11.3. The van der Waals surface area contributed by atoms with Crippen LogP contribution in [0.5, 0.6) is 0 Å². The number of benzene rings is 2. The molecule has 0 saturated carbocycles. The summed E-state index contributed by atoms with van der Waals surface area (Å²) in [5.41, 5.74) is 1.69. The maximum Gasteiger partial charge on any atom is 0.305 e. The molecule has 3 heteroatoms. The summed E-state index contributed by atoms with van der Waals surface area (Å²) >= 11 is 0. The monoisotopic (exact) mass is 312 g/mol. The van der Waals surface area contributed by atoms with E-state index in [0.717, 1.165) is 17.5 Å². The Morgan fingerprint density at radius 2 is 1.39 bits per heavy atom. The summed E-state index contributed by atoms with van der Waals surface area (Å²) in [5.74, 6) is -0.199. The third kappa shape index (κ3) is 4.20. The van der Waals surface area contributed by atoms with Crippen LogP contribution in [0, 0.1) is 0 Å². The van der Waals surface area contributed by atoms with Crippen LogP contribution in [-0.4, -0.2) is 19.2 Å². The quantitative estimate of drug-likeness (QED) is 0.538. The molecule has 2 aromatic rings. The van der Waals surface area contributed by atoms with Crippen LogP contribution in [0.2, 0.25) is 0 Å². The molecule has 122 valence electrons. The van der Waals surface area contributed by atoms with Crippen molar-refractivity contribution in [3.8, 4) is 0 Å². The van der Waals surface area contributed by atoms with Gasteiger partial charge in [-0.25, -0.2) is 0 Å². The van der Waals surface area contributed by atoms with Gasteiger partial charge in [-0.15, -0.1) is 0 Å². The highest BCUT2D eigenvalue weighted by atomic mass is 16.6. The van der Waals surface area contributed by atoms with Crippen LogP contribution in [0.3, 0.4) is 0 Å². The predicted molar refractivity (Wildman–Crippen MR) is 91.2 cm³/mol. The van der Waals surface area contributed by atoms with Gasteiger partial charge in [0.05, 0.1) is 6.61 Å². The van der Waals surface area contributed by atoms with Gasteiger partial charge in [0.25, 0.3) is 0 Å². The molecule has 0 saturated heterocycles. The molecule has 0 aliphatic heterocycles. The summed E-state index contributed by atoms with van der Waals surface area (Å²) in [6, 6.07) is 20.4. The molecular weight excluding hydrogens is 288 g/mol. The number of carbonyl (C=O) groups excluding carboxylic acids is 1. The number of rotatable bonds is 8. The molecular formula is C20H24O3. The van der Waals surface area contributed by atoms with Gasteiger partial charge >= 0.3 is 5.97 Å². The first-order chi connectivity index (χ1) is 11.2. The van der Waals surface area contributed by atoms with E-state index in [-0.39, 0.29) is 12.6 Å². The Labute approximate surface area is 138 Å². The van der Waals surface area contributed by atoms with E-state index in [1.807, 2.05) is 36.4 Å². The highest BCUT2D eigenvalue weighted by Gasteiger charge is 2.33. The molecule has 0 heterocycles. The molecule has 0 aliphatic rings. The number of esters is 1. The van der Waals surface area contributed by atoms with Crippen molar-refractivity contribution in [1.82, 2.24) is 0 Å². The molecule has 0 aromatic heterocycles. The topological polar surface area (TPSA) is 35.5 Å². The summed E-state index contributed by atoms with van der Waals surface area (Å²) in [6.07, 6.45) is 1.18. The number of carbonyl (C=O) groups is 1. The Bertz CT molecular complexity index is 553. The SMILES string of the molecule is CCC(=O)OCCOC(CC)(c1ccccc1)c1ccccc1. The average Bonchev–Trinajstić information content (AvgIpc) is 2.63. The van der Waals surface area contributed by atoms with Crippen molar-refractivity contribution in [2.24, 2.45) is 0 Å². The molecule has 2 rings (SSSR count). The van der Waals surface area contributed by atoms with Gasteiger partial charge in [0.2, 0.25) is 0 Å². The zero-order valence-corrected chi connectivity index (χ0v) is 13.8. The highest BCUT2D eigenvalue weighted by Crippen LogP contribution is 2.36. The van der Waals surface area contributed by atoms with Crippen molar-refractivity contribution in [2.75, 3.05) is 13.2 Å². The van der Waals surface area contributed by atoms with Gasteiger partial charge in [-0.3, -0.25) is 4.79 Å². The van der Waals surface area contributed by atoms with E-state index in [1.54, 1.807) is 6.92 Å². The van der Waals surface area contributed by atoms with E-state index in [9.17, 15) is 4.79 Å². The second kappa shape index (κ2) is 8.49. The number of ether oxygens (including phenoxy) is 2. The highest BCUT2D eigenvalue weighted by molar-refractivity contribution is 5.68. The molecule has 0 spiro atoms. The van der Waals surface area contributed by atoms with Crippen molar-refractivity contribution in [3.63, 3.8) is 0 Å². The van der Waals surface area contributed by atoms with Gasteiger partial charge < -0.3 is 9.47 Å². The molecule has 0 radical (unpaired) electrons. The summed E-state index contributed by atoms with van der Waals surface area (Å²) in [7, 11) is 0. The molecule has 3 nitrogen and oxygen atoms in total. The summed E-state index contributed by atoms with van der Waals surface area (Å²) in [5, 5.41) is 0. The standard InChI is InChI=1S/C20H24O3/c1-3-19(21)22-15-16-23-20(4-2,17-11-7-5-8-12-17)18-13-9-6-10-14-18/h5-14H,3-4,15-16H2,1-2H3. The van der Waals surface area contributed by atoms with E-state index < -0.39 is 5.60 Å². The van der Waals surface area contributed by atoms with E-state index >= 15 is 0 Å². The van der Waals surface area contributed by atoms with Crippen molar-refractivity contribution < 1.29 is 14.3 Å². The molecule has 0 N–H and O–H groups in total. The predicted octanol–water partition coefficient (Wildman–Crippen LogP) is 4.31. The fourth-order valence-corrected chi connectivity index (χ4v) is 2.73. The average molecular weight is 312 g/mol. The van der Waals surface area contributed by atoms with Crippen LogP contribution in [-0.2, 0) is 19.9 Å². The van der Waals surface area contributed by atoms with Crippen LogP contribution in [0.15, 0.2) is 60.7 Å². The number of hydrogen-bond acceptors (Lipinski definition) is 3. The lowest BCUT2D eigenvalue weighted by atomic mass is 9.84. The van der Waals surface area contributed by atoms with Gasteiger partial charge in [0.15, 0.2) is 0 Å². The van der Waals surface area contributed by atoms with Crippen molar-refractivity contribution in [3.05, 3.63) is 71.8 Å². The minimum atomic E-state index is -0.527. The number of hydrogen-bond donors (Lipinski definition) is 0. The van der Waals surface area contributed by atoms with Crippen LogP contribution >= 0.6 is 0 Å². The van der Waals surface area contributed by atoms with Gasteiger partial charge in [0, 0.05) is 6.42 Å². The molecule has 2 aromatic carbocycles. The van der Waals surface area contributed by atoms with Crippen molar-refractivity contribution >= 4 is 5.97 Å². The van der Waals surface area contributed by atoms with Gasteiger partial charge in [0.1, 0.15) is 12.2 Å². The van der Waals surface area contributed by atoms with Crippen LogP contribution < -0.4 is 0 Å². The molecule has 0 bridgehead atoms. The first-order valence-electron chi connectivity index (χ1n) is 8.13. The Balaban J connectivity index is 2.23. The zero-order chi connectivity index (χ0) is 16.5. The molecule has 0 unspecified atom stereocenters. The zero-order valence-electron chi connectivity index (χ0n) is 13.8. The van der Waals surface area contributed by atoms with E-state index in [0.29, 0.717) is 13.0 Å². The Morgan fingerprint density at radius 3 is 1.83 bits per heavy atom. The molecule has 0 atom stereocenters. The fourth-order valence-electron chi connectivity index (χ4n) is 2.73. The van der Waals surface area contributed by atoms with Crippen LogP contribution in [0.1, 0.15) is 37.8 Å². The first kappa shape index (κ1) is 17.2. The largest absolute Gasteiger partial charge is 0.463 e. The van der Waals surface area contributed by atoms with Gasteiger partial charge in [-0.1, -0.05) is 74.5 Å². The lowest BCUT2D eigenvalue weighted by molar-refractivity contribution is -0.146. The third-order valence-corrected chi connectivity index (χ3v) is 3.96. The second-order valence-corrected chi connectivity index (χ2v) is 5.34. The Kier molecular flexibility index (Phi) is 6.36. The Morgan fingerprint density at radius 1 is 0.870 bits per heavy atom. The van der Waals surface area contributed by atoms with Crippen molar-refractivity contribution in [2.45, 2.75) is 32.3 Å². The minimum absolute atomic E-state index is 0.199. The van der Waals surface area contributed by atoms with Crippen LogP contribution in [0.4, 0.5) is 0 Å². The van der Waals surface area contributed by atoms with Gasteiger partial charge in [-0.05, 0) is 17.5 Å². The Hall–Kier alpha value is -2.13. The van der Waals surface area contributed by atoms with Gasteiger partial charge in [-0.2, -0.15) is 0 Å². The summed E-state index contributed by atoms with van der Waals surface area (Å²) < 4.78 is 11.4. The van der Waals surface area contributed by atoms with E-state index in [2.05, 4.69) is 31.2 Å². The smallest absolute Gasteiger partial charge is 0.305 e. The molecule has 23 heavy (non-hydrogen) atoms. The molecule has 0 aliphatic carbocycles. The van der Waals surface area contributed by atoms with E-state index in [1.165, 1.54) is 0 Å². The third-order valence-electron chi connectivity index (χ3n) is 3.96. The summed E-state index contributed by atoms with van der Waals surface area (Å²) in [4.78, 5) is 11.3. The second-order valence-electron chi connectivity index (χ2n) is 5.34. The normalized spacial score (nSPS) is 11.2. The lowest BCUT2D eigenvalue weighted by Crippen LogP contribution is -2.32. The molecule has 0 amide bonds. The van der Waals surface area contributed by atoms with E-state index in [4.69, 9.17) is 9.47 Å². The lowest BCUT2D eigenvalue weighted by Gasteiger charge is -2.34. The minimum Gasteiger partial charge on any atom is -0.463 e. The van der Waals surface area contributed by atoms with Crippen LogP contribution in [0.25, 0.3) is 0 Å².